The minimum absolute atomic E-state index is 0.680. The zero-order valence-corrected chi connectivity index (χ0v) is 12.2. The maximum Gasteiger partial charge on any atom is 0.314 e. The number of carboxylic acid groups (broad SMARTS) is 1. The largest absolute Gasteiger partial charge is 0.494 e. The van der Waals surface area contributed by atoms with Crippen LogP contribution in [0.25, 0.3) is 0 Å². The summed E-state index contributed by atoms with van der Waals surface area (Å²) in [4.78, 5) is 11.7. The van der Waals surface area contributed by atoms with E-state index >= 15 is 0 Å². The van der Waals surface area contributed by atoms with Crippen molar-refractivity contribution >= 4 is 5.97 Å². The molecule has 20 heavy (non-hydrogen) atoms. The van der Waals surface area contributed by atoms with E-state index in [0.717, 1.165) is 62.9 Å². The Kier molecular flexibility index (Phi) is 5.05. The first kappa shape index (κ1) is 14.9. The maximum atomic E-state index is 11.7. The van der Waals surface area contributed by atoms with Gasteiger partial charge in [-0.2, -0.15) is 0 Å². The summed E-state index contributed by atoms with van der Waals surface area (Å²) < 4.78 is 5.63. The third-order valence-electron chi connectivity index (χ3n) is 4.29. The lowest BCUT2D eigenvalue weighted by Gasteiger charge is -2.33. The quantitative estimate of drug-likeness (QED) is 0.794. The second kappa shape index (κ2) is 6.78. The first-order chi connectivity index (χ1) is 9.69. The Hall–Kier alpha value is -1.51. The minimum Gasteiger partial charge on any atom is -0.494 e. The SMILES string of the molecule is CCCCOc1ccc(C2(C(=O)O)CCCCC2)cc1. The molecule has 0 bridgehead atoms. The fourth-order valence-electron chi connectivity index (χ4n) is 2.99. The number of carbonyl (C=O) groups is 1. The molecule has 1 aliphatic carbocycles. The number of benzene rings is 1. The number of hydrogen-bond acceptors (Lipinski definition) is 2. The average molecular weight is 276 g/mol. The Morgan fingerprint density at radius 3 is 2.40 bits per heavy atom. The second-order valence-corrected chi connectivity index (χ2v) is 5.67. The van der Waals surface area contributed by atoms with Gasteiger partial charge in [-0.1, -0.05) is 44.7 Å². The Balaban J connectivity index is 2.12. The fraction of sp³-hybridized carbons (Fsp3) is 0.588. The van der Waals surface area contributed by atoms with Gasteiger partial charge in [-0.3, -0.25) is 4.79 Å². The van der Waals surface area contributed by atoms with E-state index in [1.54, 1.807) is 0 Å². The lowest BCUT2D eigenvalue weighted by atomic mass is 9.69. The lowest BCUT2D eigenvalue weighted by Crippen LogP contribution is -2.37. The lowest BCUT2D eigenvalue weighted by molar-refractivity contribution is -0.145. The Morgan fingerprint density at radius 1 is 1.20 bits per heavy atom. The zero-order valence-electron chi connectivity index (χ0n) is 12.2. The molecule has 1 aromatic rings. The standard InChI is InChI=1S/C17H24O3/c1-2-3-13-20-15-9-7-14(8-10-15)17(16(18)19)11-5-4-6-12-17/h7-10H,2-6,11-13H2,1H3,(H,18,19). The van der Waals surface area contributed by atoms with Gasteiger partial charge in [0.05, 0.1) is 12.0 Å². The molecule has 0 atom stereocenters. The van der Waals surface area contributed by atoms with E-state index in [0.29, 0.717) is 0 Å². The van der Waals surface area contributed by atoms with Gasteiger partial charge in [-0.25, -0.2) is 0 Å². The van der Waals surface area contributed by atoms with Gasteiger partial charge in [0, 0.05) is 0 Å². The molecule has 0 saturated heterocycles. The highest BCUT2D eigenvalue weighted by atomic mass is 16.5. The van der Waals surface area contributed by atoms with Crippen molar-refractivity contribution in [2.24, 2.45) is 0 Å². The number of ether oxygens (including phenoxy) is 1. The van der Waals surface area contributed by atoms with Gasteiger partial charge in [0.1, 0.15) is 5.75 Å². The van der Waals surface area contributed by atoms with E-state index in [-0.39, 0.29) is 0 Å². The smallest absolute Gasteiger partial charge is 0.314 e. The average Bonchev–Trinajstić information content (AvgIpc) is 2.49. The summed E-state index contributed by atoms with van der Waals surface area (Å²) in [6.07, 6.45) is 6.80. The third-order valence-corrected chi connectivity index (χ3v) is 4.29. The van der Waals surface area contributed by atoms with Gasteiger partial charge in [-0.15, -0.1) is 0 Å². The van der Waals surface area contributed by atoms with Gasteiger partial charge in [0.2, 0.25) is 0 Å². The molecule has 110 valence electrons. The normalized spacial score (nSPS) is 17.6. The molecule has 1 aliphatic rings. The molecular weight excluding hydrogens is 252 g/mol. The van der Waals surface area contributed by atoms with E-state index in [4.69, 9.17) is 4.74 Å². The molecule has 0 spiro atoms. The molecule has 0 heterocycles. The van der Waals surface area contributed by atoms with Crippen molar-refractivity contribution in [3.63, 3.8) is 0 Å². The highest BCUT2D eigenvalue weighted by Crippen LogP contribution is 2.40. The molecule has 0 aliphatic heterocycles. The first-order valence-electron chi connectivity index (χ1n) is 7.66. The van der Waals surface area contributed by atoms with E-state index in [1.807, 2.05) is 24.3 Å². The van der Waals surface area contributed by atoms with Crippen LogP contribution in [0.2, 0.25) is 0 Å². The van der Waals surface area contributed by atoms with Gasteiger partial charge >= 0.3 is 5.97 Å². The number of rotatable bonds is 6. The minimum atomic E-state index is -0.683. The van der Waals surface area contributed by atoms with Crippen LogP contribution in [-0.2, 0) is 10.2 Å². The zero-order chi connectivity index (χ0) is 14.4. The summed E-state index contributed by atoms with van der Waals surface area (Å²) in [6, 6.07) is 7.68. The van der Waals surface area contributed by atoms with E-state index < -0.39 is 11.4 Å². The van der Waals surface area contributed by atoms with Crippen molar-refractivity contribution in [1.29, 1.82) is 0 Å². The molecule has 0 amide bonds. The van der Waals surface area contributed by atoms with Crippen LogP contribution in [0.3, 0.4) is 0 Å². The summed E-state index contributed by atoms with van der Waals surface area (Å²) >= 11 is 0. The van der Waals surface area contributed by atoms with Crippen molar-refractivity contribution < 1.29 is 14.6 Å². The van der Waals surface area contributed by atoms with Gasteiger partial charge in [-0.05, 0) is 37.0 Å². The molecule has 0 radical (unpaired) electrons. The van der Waals surface area contributed by atoms with Crippen LogP contribution in [0.15, 0.2) is 24.3 Å². The fourth-order valence-corrected chi connectivity index (χ4v) is 2.99. The number of hydrogen-bond donors (Lipinski definition) is 1. The van der Waals surface area contributed by atoms with E-state index in [2.05, 4.69) is 6.92 Å². The predicted molar refractivity (Wildman–Crippen MR) is 79.2 cm³/mol. The van der Waals surface area contributed by atoms with E-state index in [1.165, 1.54) is 0 Å². The molecular formula is C17H24O3. The summed E-state index contributed by atoms with van der Waals surface area (Å²) in [6.45, 7) is 2.85. The van der Waals surface area contributed by atoms with Crippen molar-refractivity contribution in [1.82, 2.24) is 0 Å². The molecule has 1 fully saturated rings. The summed E-state index contributed by atoms with van der Waals surface area (Å²) in [5.74, 6) is 0.149. The van der Waals surface area contributed by atoms with Crippen molar-refractivity contribution in [3.8, 4) is 5.75 Å². The Bertz CT molecular complexity index is 430. The molecule has 3 nitrogen and oxygen atoms in total. The third kappa shape index (κ3) is 3.14. The van der Waals surface area contributed by atoms with Gasteiger partial charge in [0.25, 0.3) is 0 Å². The highest BCUT2D eigenvalue weighted by molar-refractivity contribution is 5.81. The van der Waals surface area contributed by atoms with Crippen molar-refractivity contribution in [2.45, 2.75) is 57.3 Å². The Morgan fingerprint density at radius 2 is 1.85 bits per heavy atom. The van der Waals surface area contributed by atoms with Crippen LogP contribution in [-0.4, -0.2) is 17.7 Å². The monoisotopic (exact) mass is 276 g/mol. The summed E-state index contributed by atoms with van der Waals surface area (Å²) in [7, 11) is 0. The molecule has 0 unspecified atom stereocenters. The number of unbranched alkanes of at least 4 members (excludes halogenated alkanes) is 1. The van der Waals surface area contributed by atoms with Crippen molar-refractivity contribution in [3.05, 3.63) is 29.8 Å². The maximum absolute atomic E-state index is 11.7. The van der Waals surface area contributed by atoms with Crippen molar-refractivity contribution in [2.75, 3.05) is 6.61 Å². The molecule has 0 aromatic heterocycles. The molecule has 1 saturated carbocycles. The van der Waals surface area contributed by atoms with E-state index in [9.17, 15) is 9.90 Å². The van der Waals surface area contributed by atoms with Crippen LogP contribution < -0.4 is 4.74 Å². The second-order valence-electron chi connectivity index (χ2n) is 5.67. The number of carboxylic acids is 1. The predicted octanol–water partition coefficient (Wildman–Crippen LogP) is 4.15. The highest BCUT2D eigenvalue weighted by Gasteiger charge is 2.41. The molecule has 1 aromatic carbocycles. The number of aliphatic carboxylic acids is 1. The van der Waals surface area contributed by atoms with Crippen LogP contribution in [0.1, 0.15) is 57.4 Å². The topological polar surface area (TPSA) is 46.5 Å². The summed E-state index contributed by atoms with van der Waals surface area (Å²) in [5, 5.41) is 9.65. The van der Waals surface area contributed by atoms with Crippen LogP contribution in [0.5, 0.6) is 5.75 Å². The summed E-state index contributed by atoms with van der Waals surface area (Å²) in [5.41, 5.74) is 0.243. The van der Waals surface area contributed by atoms with Crippen LogP contribution >= 0.6 is 0 Å². The first-order valence-corrected chi connectivity index (χ1v) is 7.66. The van der Waals surface area contributed by atoms with Gasteiger partial charge in [0.15, 0.2) is 0 Å². The molecule has 2 rings (SSSR count). The molecule has 3 heteroatoms. The Labute approximate surface area is 121 Å². The van der Waals surface area contributed by atoms with Crippen LogP contribution in [0.4, 0.5) is 0 Å². The van der Waals surface area contributed by atoms with Gasteiger partial charge < -0.3 is 9.84 Å². The molecule has 1 N–H and O–H groups in total. The van der Waals surface area contributed by atoms with Crippen LogP contribution in [0, 0.1) is 0 Å².